The number of hydrogen-bond acceptors (Lipinski definition) is 3. The summed E-state index contributed by atoms with van der Waals surface area (Å²) in [6, 6.07) is 4.98. The molecule has 1 aromatic heterocycles. The number of thioether (sulfide) groups is 1. The zero-order chi connectivity index (χ0) is 15.3. The van der Waals surface area contributed by atoms with Crippen LogP contribution in [0.1, 0.15) is 71.4 Å². The van der Waals surface area contributed by atoms with Crippen molar-refractivity contribution in [2.45, 2.75) is 75.6 Å². The smallest absolute Gasteiger partial charge is 0.101 e. The minimum Gasteiger partial charge on any atom is -0.296 e. The van der Waals surface area contributed by atoms with E-state index in [1.165, 1.54) is 55.8 Å². The van der Waals surface area contributed by atoms with E-state index >= 15 is 0 Å². The maximum atomic E-state index is 4.69. The van der Waals surface area contributed by atoms with Gasteiger partial charge in [0.25, 0.3) is 0 Å². The summed E-state index contributed by atoms with van der Waals surface area (Å²) in [5, 5.41) is 1.23. The highest BCUT2D eigenvalue weighted by Gasteiger charge is 2.27. The SMILES string of the molecule is CCCCN1CCCC[C@H]1c1cccnc1SC(C)(C)C. The summed E-state index contributed by atoms with van der Waals surface area (Å²) < 4.78 is 0.214. The molecule has 0 aliphatic carbocycles. The quantitative estimate of drug-likeness (QED) is 0.687. The molecule has 2 nitrogen and oxygen atoms in total. The van der Waals surface area contributed by atoms with E-state index in [2.05, 4.69) is 44.7 Å². The molecule has 1 aromatic rings. The minimum absolute atomic E-state index is 0.214. The molecule has 118 valence electrons. The molecular weight excluding hydrogens is 276 g/mol. The van der Waals surface area contributed by atoms with Crippen LogP contribution in [0.25, 0.3) is 0 Å². The maximum Gasteiger partial charge on any atom is 0.101 e. The number of aromatic nitrogens is 1. The highest BCUT2D eigenvalue weighted by atomic mass is 32.2. The molecule has 1 saturated heterocycles. The highest BCUT2D eigenvalue weighted by Crippen LogP contribution is 2.39. The van der Waals surface area contributed by atoms with Gasteiger partial charge < -0.3 is 0 Å². The number of nitrogens with zero attached hydrogens (tertiary/aromatic N) is 2. The summed E-state index contributed by atoms with van der Waals surface area (Å²) in [4.78, 5) is 7.38. The molecule has 0 aromatic carbocycles. The topological polar surface area (TPSA) is 16.1 Å². The molecule has 0 amide bonds. The number of hydrogen-bond donors (Lipinski definition) is 0. The van der Waals surface area contributed by atoms with E-state index in [1.807, 2.05) is 18.0 Å². The van der Waals surface area contributed by atoms with E-state index in [0.29, 0.717) is 6.04 Å². The second kappa shape index (κ2) is 7.64. The van der Waals surface area contributed by atoms with Gasteiger partial charge in [0.2, 0.25) is 0 Å². The van der Waals surface area contributed by atoms with E-state index in [4.69, 9.17) is 4.98 Å². The maximum absolute atomic E-state index is 4.69. The Morgan fingerprint density at radius 1 is 1.33 bits per heavy atom. The Labute approximate surface area is 134 Å². The van der Waals surface area contributed by atoms with Crippen LogP contribution in [0.15, 0.2) is 23.4 Å². The average molecular weight is 307 g/mol. The van der Waals surface area contributed by atoms with Gasteiger partial charge in [-0.15, -0.1) is 11.8 Å². The standard InChI is InChI=1S/C18H30N2S/c1-5-6-13-20-14-8-7-11-16(20)15-10-9-12-19-17(15)21-18(2,3)4/h9-10,12,16H,5-8,11,13-14H2,1-4H3/t16-/m0/s1. The summed E-state index contributed by atoms with van der Waals surface area (Å²) in [6.45, 7) is 11.6. The first kappa shape index (κ1) is 16.8. The summed E-state index contributed by atoms with van der Waals surface area (Å²) in [5.41, 5.74) is 1.45. The van der Waals surface area contributed by atoms with Crippen molar-refractivity contribution in [2.24, 2.45) is 0 Å². The highest BCUT2D eigenvalue weighted by molar-refractivity contribution is 8.00. The fraction of sp³-hybridized carbons (Fsp3) is 0.722. The monoisotopic (exact) mass is 306 g/mol. The molecule has 0 saturated carbocycles. The van der Waals surface area contributed by atoms with Crippen LogP contribution in [0.4, 0.5) is 0 Å². The van der Waals surface area contributed by atoms with Gasteiger partial charge in [-0.2, -0.15) is 0 Å². The fourth-order valence-corrected chi connectivity index (χ4v) is 4.02. The number of unbranched alkanes of at least 4 members (excludes halogenated alkanes) is 1. The molecule has 2 rings (SSSR count). The zero-order valence-electron chi connectivity index (χ0n) is 14.1. The van der Waals surface area contributed by atoms with Gasteiger partial charge in [0, 0.05) is 22.5 Å². The number of pyridine rings is 1. The molecule has 0 spiro atoms. The predicted octanol–water partition coefficient (Wildman–Crippen LogP) is 5.30. The Hall–Kier alpha value is -0.540. The van der Waals surface area contributed by atoms with Crippen molar-refractivity contribution < 1.29 is 0 Å². The van der Waals surface area contributed by atoms with Gasteiger partial charge in [-0.25, -0.2) is 4.98 Å². The Kier molecular flexibility index (Phi) is 6.12. The number of piperidine rings is 1. The largest absolute Gasteiger partial charge is 0.296 e. The van der Waals surface area contributed by atoms with Crippen molar-refractivity contribution in [2.75, 3.05) is 13.1 Å². The molecule has 1 fully saturated rings. The van der Waals surface area contributed by atoms with Crippen molar-refractivity contribution in [3.63, 3.8) is 0 Å². The number of likely N-dealkylation sites (tertiary alicyclic amines) is 1. The van der Waals surface area contributed by atoms with Gasteiger partial charge in [-0.3, -0.25) is 4.90 Å². The van der Waals surface area contributed by atoms with E-state index < -0.39 is 0 Å². The lowest BCUT2D eigenvalue weighted by Crippen LogP contribution is -2.34. The van der Waals surface area contributed by atoms with Gasteiger partial charge >= 0.3 is 0 Å². The lowest BCUT2D eigenvalue weighted by molar-refractivity contribution is 0.144. The van der Waals surface area contributed by atoms with Crippen LogP contribution in [-0.4, -0.2) is 27.7 Å². The number of rotatable bonds is 5. The second-order valence-corrected chi connectivity index (χ2v) is 8.83. The zero-order valence-corrected chi connectivity index (χ0v) is 14.9. The van der Waals surface area contributed by atoms with Gasteiger partial charge in [-0.05, 0) is 38.4 Å². The molecule has 1 aliphatic heterocycles. The van der Waals surface area contributed by atoms with Crippen molar-refractivity contribution >= 4 is 11.8 Å². The molecule has 3 heteroatoms. The normalized spacial score (nSPS) is 20.7. The summed E-state index contributed by atoms with van der Waals surface area (Å²) in [7, 11) is 0. The van der Waals surface area contributed by atoms with E-state index in [0.717, 1.165) is 0 Å². The molecular formula is C18H30N2S. The fourth-order valence-electron chi connectivity index (χ4n) is 3.00. The molecule has 0 bridgehead atoms. The van der Waals surface area contributed by atoms with E-state index in [-0.39, 0.29) is 4.75 Å². The summed E-state index contributed by atoms with van der Waals surface area (Å²) >= 11 is 1.91. The minimum atomic E-state index is 0.214. The Morgan fingerprint density at radius 3 is 2.86 bits per heavy atom. The van der Waals surface area contributed by atoms with Gasteiger partial charge in [-0.1, -0.05) is 46.6 Å². The lowest BCUT2D eigenvalue weighted by Gasteiger charge is -2.37. The Bertz CT molecular complexity index is 439. The molecule has 0 N–H and O–H groups in total. The lowest BCUT2D eigenvalue weighted by atomic mass is 9.96. The van der Waals surface area contributed by atoms with E-state index in [1.54, 1.807) is 0 Å². The van der Waals surface area contributed by atoms with Crippen LogP contribution < -0.4 is 0 Å². The third kappa shape index (κ3) is 5.00. The average Bonchev–Trinajstić information content (AvgIpc) is 2.44. The van der Waals surface area contributed by atoms with E-state index in [9.17, 15) is 0 Å². The third-order valence-corrected chi connectivity index (χ3v) is 5.12. The molecule has 1 aliphatic rings. The molecule has 2 heterocycles. The summed E-state index contributed by atoms with van der Waals surface area (Å²) in [6.07, 6.45) is 8.51. The predicted molar refractivity (Wildman–Crippen MR) is 92.9 cm³/mol. The molecule has 0 radical (unpaired) electrons. The van der Waals surface area contributed by atoms with Crippen molar-refractivity contribution in [1.29, 1.82) is 0 Å². The first-order chi connectivity index (χ1) is 10.0. The second-order valence-electron chi connectivity index (χ2n) is 7.01. The van der Waals surface area contributed by atoms with Crippen LogP contribution in [0.5, 0.6) is 0 Å². The third-order valence-electron chi connectivity index (χ3n) is 3.97. The van der Waals surface area contributed by atoms with Crippen LogP contribution in [0.2, 0.25) is 0 Å². The van der Waals surface area contributed by atoms with Crippen molar-refractivity contribution in [1.82, 2.24) is 9.88 Å². The van der Waals surface area contributed by atoms with Gasteiger partial charge in [0.1, 0.15) is 5.03 Å². The Balaban J connectivity index is 2.21. The van der Waals surface area contributed by atoms with Crippen molar-refractivity contribution in [3.05, 3.63) is 23.9 Å². The summed E-state index contributed by atoms with van der Waals surface area (Å²) in [5.74, 6) is 0. The van der Waals surface area contributed by atoms with Crippen LogP contribution in [0, 0.1) is 0 Å². The van der Waals surface area contributed by atoms with Crippen molar-refractivity contribution in [3.8, 4) is 0 Å². The van der Waals surface area contributed by atoms with Gasteiger partial charge in [0.05, 0.1) is 0 Å². The molecule has 0 unspecified atom stereocenters. The Morgan fingerprint density at radius 2 is 2.14 bits per heavy atom. The first-order valence-electron chi connectivity index (χ1n) is 8.39. The van der Waals surface area contributed by atoms with Gasteiger partial charge in [0.15, 0.2) is 0 Å². The van der Waals surface area contributed by atoms with Crippen LogP contribution in [-0.2, 0) is 0 Å². The first-order valence-corrected chi connectivity index (χ1v) is 9.21. The van der Waals surface area contributed by atoms with Crippen LogP contribution >= 0.6 is 11.8 Å². The molecule has 21 heavy (non-hydrogen) atoms. The van der Waals surface area contributed by atoms with Crippen LogP contribution in [0.3, 0.4) is 0 Å². The molecule has 1 atom stereocenters.